The molecule has 1 unspecified atom stereocenters. The summed E-state index contributed by atoms with van der Waals surface area (Å²) in [5, 5.41) is 4.77. The Kier molecular flexibility index (Phi) is 4.37. The maximum atomic E-state index is 12.9. The zero-order valence-corrected chi connectivity index (χ0v) is 15.6. The number of aromatic nitrogens is 3. The first kappa shape index (κ1) is 17.0. The lowest BCUT2D eigenvalue weighted by molar-refractivity contribution is 0.565. The highest BCUT2D eigenvalue weighted by atomic mass is 35.5. The van der Waals surface area contributed by atoms with Gasteiger partial charge >= 0.3 is 0 Å². The Morgan fingerprint density at radius 2 is 2.08 bits per heavy atom. The number of hydrogen-bond donors (Lipinski definition) is 0. The maximum Gasteiger partial charge on any atom is 0.276 e. The highest BCUT2D eigenvalue weighted by Crippen LogP contribution is 2.33. The summed E-state index contributed by atoms with van der Waals surface area (Å²) in [4.78, 5) is 17.1. The quantitative estimate of drug-likeness (QED) is 0.684. The van der Waals surface area contributed by atoms with Crippen molar-refractivity contribution in [2.24, 2.45) is 0 Å². The molecule has 0 radical (unpaired) electrons. The van der Waals surface area contributed by atoms with Crippen LogP contribution in [-0.2, 0) is 12.8 Å². The van der Waals surface area contributed by atoms with Crippen LogP contribution < -0.4 is 5.56 Å². The summed E-state index contributed by atoms with van der Waals surface area (Å²) >= 11 is 6.19. The standard InChI is InChI=1S/C21H20ClN3O/c1-13-5-7-17(14(2)10-13)15-6-8-18-16(11-15)12-24-25(21(18)26)20-19(22)4-3-9-23-20/h3-5,7,9-10,12,15H,6,8,11H2,1-2H3. The number of fused-ring (bicyclic) bond motifs is 1. The first-order chi connectivity index (χ1) is 12.5. The molecule has 26 heavy (non-hydrogen) atoms. The minimum Gasteiger partial charge on any atom is -0.267 e. The number of nitrogens with zero attached hydrogens (tertiary/aromatic N) is 3. The lowest BCUT2D eigenvalue weighted by Gasteiger charge is -2.26. The van der Waals surface area contributed by atoms with Gasteiger partial charge in [-0.2, -0.15) is 9.78 Å². The largest absolute Gasteiger partial charge is 0.276 e. The summed E-state index contributed by atoms with van der Waals surface area (Å²) in [5.74, 6) is 0.817. The number of rotatable bonds is 2. The van der Waals surface area contributed by atoms with Crippen LogP contribution in [0.5, 0.6) is 0 Å². The molecule has 1 aromatic carbocycles. The molecule has 1 aliphatic carbocycles. The smallest absolute Gasteiger partial charge is 0.267 e. The van der Waals surface area contributed by atoms with E-state index in [1.54, 1.807) is 24.5 Å². The molecule has 4 rings (SSSR count). The fourth-order valence-electron chi connectivity index (χ4n) is 3.89. The third-order valence-corrected chi connectivity index (χ3v) is 5.48. The predicted molar refractivity (Wildman–Crippen MR) is 103 cm³/mol. The molecule has 0 N–H and O–H groups in total. The van der Waals surface area contributed by atoms with Gasteiger partial charge in [-0.1, -0.05) is 35.4 Å². The average molecular weight is 366 g/mol. The molecule has 1 aliphatic rings. The molecule has 0 saturated heterocycles. The van der Waals surface area contributed by atoms with Gasteiger partial charge in [0, 0.05) is 11.8 Å². The zero-order valence-electron chi connectivity index (χ0n) is 14.9. The van der Waals surface area contributed by atoms with Gasteiger partial charge in [0.05, 0.1) is 11.2 Å². The Morgan fingerprint density at radius 3 is 2.85 bits per heavy atom. The highest BCUT2D eigenvalue weighted by Gasteiger charge is 2.25. The number of hydrogen-bond acceptors (Lipinski definition) is 3. The van der Waals surface area contributed by atoms with Gasteiger partial charge in [-0.3, -0.25) is 4.79 Å². The minimum absolute atomic E-state index is 0.109. The van der Waals surface area contributed by atoms with Gasteiger partial charge in [0.15, 0.2) is 5.82 Å². The van der Waals surface area contributed by atoms with Crippen LogP contribution >= 0.6 is 11.6 Å². The minimum atomic E-state index is -0.109. The van der Waals surface area contributed by atoms with Gasteiger partial charge < -0.3 is 0 Å². The third kappa shape index (κ3) is 2.95. The number of benzene rings is 1. The van der Waals surface area contributed by atoms with Crippen molar-refractivity contribution < 1.29 is 0 Å². The van der Waals surface area contributed by atoms with Gasteiger partial charge in [-0.15, -0.1) is 0 Å². The maximum absolute atomic E-state index is 12.9. The Bertz CT molecular complexity index is 1040. The fourth-order valence-corrected chi connectivity index (χ4v) is 4.09. The number of aryl methyl sites for hydroxylation is 2. The number of halogens is 1. The molecule has 0 amide bonds. The molecule has 0 spiro atoms. The van der Waals surface area contributed by atoms with Crippen molar-refractivity contribution in [2.45, 2.75) is 39.0 Å². The van der Waals surface area contributed by atoms with E-state index >= 15 is 0 Å². The van der Waals surface area contributed by atoms with Gasteiger partial charge in [-0.25, -0.2) is 4.98 Å². The van der Waals surface area contributed by atoms with Crippen LogP contribution in [0.2, 0.25) is 5.02 Å². The molecular formula is C21H20ClN3O. The van der Waals surface area contributed by atoms with Crippen molar-refractivity contribution in [3.8, 4) is 5.82 Å². The van der Waals surface area contributed by atoms with Gasteiger partial charge in [0.2, 0.25) is 0 Å². The lowest BCUT2D eigenvalue weighted by Crippen LogP contribution is -2.30. The van der Waals surface area contributed by atoms with Crippen LogP contribution in [0.3, 0.4) is 0 Å². The van der Waals surface area contributed by atoms with Gasteiger partial charge in [0.1, 0.15) is 0 Å². The molecule has 0 bridgehead atoms. The lowest BCUT2D eigenvalue weighted by atomic mass is 9.79. The van der Waals surface area contributed by atoms with E-state index in [2.05, 4.69) is 42.1 Å². The van der Waals surface area contributed by atoms with E-state index in [0.29, 0.717) is 16.8 Å². The second-order valence-corrected chi connectivity index (χ2v) is 7.38. The van der Waals surface area contributed by atoms with E-state index in [-0.39, 0.29) is 5.56 Å². The zero-order chi connectivity index (χ0) is 18.3. The molecule has 2 aromatic heterocycles. The summed E-state index contributed by atoms with van der Waals surface area (Å²) < 4.78 is 1.32. The van der Waals surface area contributed by atoms with Crippen LogP contribution in [0.15, 0.2) is 47.5 Å². The van der Waals surface area contributed by atoms with Crippen LogP contribution in [-0.4, -0.2) is 14.8 Å². The Morgan fingerprint density at radius 1 is 1.23 bits per heavy atom. The molecule has 0 fully saturated rings. The van der Waals surface area contributed by atoms with E-state index in [1.807, 2.05) is 0 Å². The number of pyridine rings is 1. The molecule has 1 atom stereocenters. The summed E-state index contributed by atoms with van der Waals surface area (Å²) in [6.07, 6.45) is 5.98. The molecule has 4 nitrogen and oxygen atoms in total. The van der Waals surface area contributed by atoms with E-state index in [1.165, 1.54) is 21.4 Å². The van der Waals surface area contributed by atoms with Crippen LogP contribution in [0.1, 0.15) is 40.2 Å². The molecule has 3 aromatic rings. The Hall–Kier alpha value is -2.46. The molecule has 0 saturated carbocycles. The normalized spacial score (nSPS) is 16.3. The fraction of sp³-hybridized carbons (Fsp3) is 0.286. The second-order valence-electron chi connectivity index (χ2n) is 6.97. The molecule has 0 aliphatic heterocycles. The molecule has 5 heteroatoms. The van der Waals surface area contributed by atoms with Crippen molar-refractivity contribution in [2.75, 3.05) is 0 Å². The van der Waals surface area contributed by atoms with Gasteiger partial charge in [0.25, 0.3) is 5.56 Å². The summed E-state index contributed by atoms with van der Waals surface area (Å²) in [7, 11) is 0. The first-order valence-electron chi connectivity index (χ1n) is 8.82. The van der Waals surface area contributed by atoms with Crippen molar-refractivity contribution >= 4 is 11.6 Å². The topological polar surface area (TPSA) is 47.8 Å². The SMILES string of the molecule is Cc1ccc(C2CCc3c(cnn(-c4ncccc4Cl)c3=O)C2)c(C)c1. The Balaban J connectivity index is 1.71. The first-order valence-corrected chi connectivity index (χ1v) is 9.20. The second kappa shape index (κ2) is 6.69. The van der Waals surface area contributed by atoms with E-state index < -0.39 is 0 Å². The van der Waals surface area contributed by atoms with Crippen molar-refractivity contribution in [1.82, 2.24) is 14.8 Å². The summed E-state index contributed by atoms with van der Waals surface area (Å²) in [6, 6.07) is 10.1. The average Bonchev–Trinajstić information content (AvgIpc) is 2.63. The molecule has 132 valence electrons. The van der Waals surface area contributed by atoms with E-state index in [4.69, 9.17) is 11.6 Å². The van der Waals surface area contributed by atoms with E-state index in [0.717, 1.165) is 30.4 Å². The van der Waals surface area contributed by atoms with Crippen molar-refractivity contribution in [3.05, 3.63) is 85.9 Å². The molecule has 2 heterocycles. The van der Waals surface area contributed by atoms with Gasteiger partial charge in [-0.05, 0) is 67.9 Å². The summed E-state index contributed by atoms with van der Waals surface area (Å²) in [5.41, 5.74) is 5.73. The Labute approximate surface area is 157 Å². The molecular weight excluding hydrogens is 346 g/mol. The summed E-state index contributed by atoms with van der Waals surface area (Å²) in [6.45, 7) is 4.28. The third-order valence-electron chi connectivity index (χ3n) is 5.18. The highest BCUT2D eigenvalue weighted by molar-refractivity contribution is 6.32. The van der Waals surface area contributed by atoms with E-state index in [9.17, 15) is 4.79 Å². The predicted octanol–water partition coefficient (Wildman–Crippen LogP) is 4.17. The van der Waals surface area contributed by atoms with Crippen LogP contribution in [0, 0.1) is 13.8 Å². The van der Waals surface area contributed by atoms with Crippen LogP contribution in [0.25, 0.3) is 5.82 Å². The van der Waals surface area contributed by atoms with Crippen LogP contribution in [0.4, 0.5) is 0 Å². The van der Waals surface area contributed by atoms with Crippen molar-refractivity contribution in [3.63, 3.8) is 0 Å². The van der Waals surface area contributed by atoms with Crippen molar-refractivity contribution in [1.29, 1.82) is 0 Å². The monoisotopic (exact) mass is 365 g/mol.